The van der Waals surface area contributed by atoms with Gasteiger partial charge in [-0.1, -0.05) is 5.21 Å². The number of fused-ring (bicyclic) bond motifs is 1. The fourth-order valence-electron chi connectivity index (χ4n) is 2.19. The van der Waals surface area contributed by atoms with Crippen molar-refractivity contribution in [3.05, 3.63) is 51.7 Å². The van der Waals surface area contributed by atoms with Gasteiger partial charge in [-0.15, -0.1) is 5.10 Å². The molecule has 0 unspecified atom stereocenters. The van der Waals surface area contributed by atoms with Gasteiger partial charge in [0.2, 0.25) is 0 Å². The standard InChI is InChI=1S/C14H12N6O3/c1-8-11(20(22)23)5-6-13(15-8)16-14(21)9-3-4-12-10(7-9)17-18-19(12)2/h3-7H,1-2H3,(H,15,16,21). The number of hydrogen-bond donors (Lipinski definition) is 1. The number of nitrogens with one attached hydrogen (secondary N) is 1. The van der Waals surface area contributed by atoms with Crippen molar-refractivity contribution in [2.75, 3.05) is 5.32 Å². The number of amides is 1. The van der Waals surface area contributed by atoms with Crippen LogP contribution in [0.3, 0.4) is 0 Å². The zero-order valence-electron chi connectivity index (χ0n) is 12.3. The lowest BCUT2D eigenvalue weighted by Crippen LogP contribution is -2.13. The van der Waals surface area contributed by atoms with E-state index in [0.29, 0.717) is 11.1 Å². The van der Waals surface area contributed by atoms with Crippen LogP contribution in [0.15, 0.2) is 30.3 Å². The minimum absolute atomic E-state index is 0.0935. The van der Waals surface area contributed by atoms with E-state index in [1.165, 1.54) is 19.1 Å². The smallest absolute Gasteiger partial charge is 0.290 e. The number of anilines is 1. The lowest BCUT2D eigenvalue weighted by Gasteiger charge is -2.05. The maximum absolute atomic E-state index is 12.3. The Morgan fingerprint density at radius 1 is 1.30 bits per heavy atom. The van der Waals surface area contributed by atoms with Gasteiger partial charge in [0.25, 0.3) is 11.6 Å². The monoisotopic (exact) mass is 312 g/mol. The van der Waals surface area contributed by atoms with E-state index in [4.69, 9.17) is 0 Å². The number of hydrogen-bond acceptors (Lipinski definition) is 6. The molecule has 0 spiro atoms. The third kappa shape index (κ3) is 2.71. The summed E-state index contributed by atoms with van der Waals surface area (Å²) in [6.45, 7) is 1.51. The maximum atomic E-state index is 12.3. The molecule has 0 radical (unpaired) electrons. The van der Waals surface area contributed by atoms with Crippen LogP contribution in [0.2, 0.25) is 0 Å². The first kappa shape index (κ1) is 14.6. The summed E-state index contributed by atoms with van der Waals surface area (Å²) in [5.74, 6) is -0.129. The quantitative estimate of drug-likeness (QED) is 0.582. The van der Waals surface area contributed by atoms with Crippen LogP contribution >= 0.6 is 0 Å². The lowest BCUT2D eigenvalue weighted by molar-refractivity contribution is -0.385. The fraction of sp³-hybridized carbons (Fsp3) is 0.143. The summed E-state index contributed by atoms with van der Waals surface area (Å²) < 4.78 is 1.61. The van der Waals surface area contributed by atoms with Crippen LogP contribution in [0, 0.1) is 17.0 Å². The van der Waals surface area contributed by atoms with Gasteiger partial charge in [-0.05, 0) is 31.2 Å². The molecule has 0 saturated heterocycles. The molecule has 0 aliphatic rings. The molecule has 1 aromatic carbocycles. The van der Waals surface area contributed by atoms with Crippen molar-refractivity contribution in [2.24, 2.45) is 7.05 Å². The number of benzene rings is 1. The second-order valence-electron chi connectivity index (χ2n) is 4.93. The summed E-state index contributed by atoms with van der Waals surface area (Å²) in [5.41, 5.74) is 1.95. The molecule has 1 N–H and O–H groups in total. The highest BCUT2D eigenvalue weighted by molar-refractivity contribution is 6.05. The van der Waals surface area contributed by atoms with Crippen LogP contribution in [0.5, 0.6) is 0 Å². The summed E-state index contributed by atoms with van der Waals surface area (Å²) in [6, 6.07) is 7.72. The Bertz CT molecular complexity index is 933. The van der Waals surface area contributed by atoms with Crippen LogP contribution in [0.1, 0.15) is 16.1 Å². The number of carbonyl (C=O) groups is 1. The van der Waals surface area contributed by atoms with Gasteiger partial charge < -0.3 is 5.32 Å². The molecular weight excluding hydrogens is 300 g/mol. The summed E-state index contributed by atoms with van der Waals surface area (Å²) >= 11 is 0. The minimum Gasteiger partial charge on any atom is -0.307 e. The van der Waals surface area contributed by atoms with Gasteiger partial charge in [0.05, 0.1) is 10.4 Å². The first-order valence-corrected chi connectivity index (χ1v) is 6.68. The Hall–Kier alpha value is -3.36. The minimum atomic E-state index is -0.518. The first-order chi connectivity index (χ1) is 11.0. The molecule has 116 valence electrons. The molecule has 1 amide bonds. The van der Waals surface area contributed by atoms with Crippen molar-refractivity contribution in [3.63, 3.8) is 0 Å². The van der Waals surface area contributed by atoms with E-state index in [0.717, 1.165) is 5.52 Å². The zero-order valence-corrected chi connectivity index (χ0v) is 12.3. The molecule has 0 aliphatic carbocycles. The van der Waals surface area contributed by atoms with Gasteiger partial charge in [-0.25, -0.2) is 9.67 Å². The average Bonchev–Trinajstić information content (AvgIpc) is 2.88. The molecule has 9 heteroatoms. The summed E-state index contributed by atoms with van der Waals surface area (Å²) in [4.78, 5) is 26.5. The predicted octanol–water partition coefficient (Wildman–Crippen LogP) is 1.83. The van der Waals surface area contributed by atoms with Gasteiger partial charge >= 0.3 is 0 Å². The van der Waals surface area contributed by atoms with Crippen LogP contribution in [-0.2, 0) is 7.05 Å². The Morgan fingerprint density at radius 3 is 2.78 bits per heavy atom. The van der Waals surface area contributed by atoms with Crippen molar-refractivity contribution in [1.82, 2.24) is 20.0 Å². The molecule has 3 rings (SSSR count). The third-order valence-corrected chi connectivity index (χ3v) is 3.37. The Balaban J connectivity index is 1.85. The molecule has 0 atom stereocenters. The maximum Gasteiger partial charge on any atom is 0.290 e. The van der Waals surface area contributed by atoms with E-state index in [2.05, 4.69) is 20.6 Å². The highest BCUT2D eigenvalue weighted by Crippen LogP contribution is 2.19. The molecule has 23 heavy (non-hydrogen) atoms. The number of nitro groups is 1. The molecule has 0 aliphatic heterocycles. The second kappa shape index (κ2) is 5.44. The topological polar surface area (TPSA) is 116 Å². The highest BCUT2D eigenvalue weighted by atomic mass is 16.6. The first-order valence-electron chi connectivity index (χ1n) is 6.68. The number of pyridine rings is 1. The molecule has 0 bridgehead atoms. The van der Waals surface area contributed by atoms with Crippen molar-refractivity contribution < 1.29 is 9.72 Å². The van der Waals surface area contributed by atoms with Gasteiger partial charge in [-0.3, -0.25) is 14.9 Å². The predicted molar refractivity (Wildman–Crippen MR) is 82.1 cm³/mol. The number of nitrogens with zero attached hydrogens (tertiary/aromatic N) is 5. The number of aryl methyl sites for hydroxylation is 2. The van der Waals surface area contributed by atoms with Crippen LogP contribution in [0.25, 0.3) is 11.0 Å². The van der Waals surface area contributed by atoms with E-state index < -0.39 is 4.92 Å². The van der Waals surface area contributed by atoms with Crippen molar-refractivity contribution in [2.45, 2.75) is 6.92 Å². The molecule has 9 nitrogen and oxygen atoms in total. The third-order valence-electron chi connectivity index (χ3n) is 3.37. The zero-order chi connectivity index (χ0) is 16.6. The molecule has 0 saturated carbocycles. The average molecular weight is 312 g/mol. The molecular formula is C14H12N6O3. The van der Waals surface area contributed by atoms with E-state index in [1.807, 2.05) is 0 Å². The van der Waals surface area contributed by atoms with Crippen molar-refractivity contribution in [3.8, 4) is 0 Å². The van der Waals surface area contributed by atoms with Crippen LogP contribution in [0.4, 0.5) is 11.5 Å². The number of rotatable bonds is 3. The Morgan fingerprint density at radius 2 is 2.09 bits per heavy atom. The van der Waals surface area contributed by atoms with E-state index in [-0.39, 0.29) is 23.1 Å². The molecule has 0 fully saturated rings. The highest BCUT2D eigenvalue weighted by Gasteiger charge is 2.14. The summed E-state index contributed by atoms with van der Waals surface area (Å²) in [7, 11) is 1.76. The number of carbonyl (C=O) groups excluding carboxylic acids is 1. The summed E-state index contributed by atoms with van der Waals surface area (Å²) in [5, 5.41) is 21.2. The Kier molecular flexibility index (Phi) is 3.45. The van der Waals surface area contributed by atoms with Crippen LogP contribution in [-0.4, -0.2) is 30.8 Å². The largest absolute Gasteiger partial charge is 0.307 e. The van der Waals surface area contributed by atoms with Gasteiger partial charge in [0.15, 0.2) is 0 Å². The SMILES string of the molecule is Cc1nc(NC(=O)c2ccc3c(c2)nnn3C)ccc1[N+](=O)[O-]. The molecule has 3 aromatic rings. The van der Waals surface area contributed by atoms with Crippen molar-refractivity contribution in [1.29, 1.82) is 0 Å². The van der Waals surface area contributed by atoms with Gasteiger partial charge in [0, 0.05) is 18.7 Å². The van der Waals surface area contributed by atoms with E-state index in [1.54, 1.807) is 29.9 Å². The van der Waals surface area contributed by atoms with Gasteiger partial charge in [-0.2, -0.15) is 0 Å². The van der Waals surface area contributed by atoms with E-state index in [9.17, 15) is 14.9 Å². The number of aromatic nitrogens is 4. The van der Waals surface area contributed by atoms with Gasteiger partial charge in [0.1, 0.15) is 17.0 Å². The fourth-order valence-corrected chi connectivity index (χ4v) is 2.19. The lowest BCUT2D eigenvalue weighted by atomic mass is 10.2. The normalized spacial score (nSPS) is 10.7. The van der Waals surface area contributed by atoms with E-state index >= 15 is 0 Å². The summed E-state index contributed by atoms with van der Waals surface area (Å²) in [6.07, 6.45) is 0. The second-order valence-corrected chi connectivity index (χ2v) is 4.93. The Labute approximate surface area is 130 Å². The van der Waals surface area contributed by atoms with Crippen LogP contribution < -0.4 is 5.32 Å². The molecule has 2 aromatic heterocycles. The van der Waals surface area contributed by atoms with Crippen molar-refractivity contribution >= 4 is 28.4 Å². The molecule has 2 heterocycles.